The lowest BCUT2D eigenvalue weighted by Gasteiger charge is -2.26. The lowest BCUT2D eigenvalue weighted by atomic mass is 9.86. The first-order valence-corrected chi connectivity index (χ1v) is 5.53. The van der Waals surface area contributed by atoms with Gasteiger partial charge in [0.15, 0.2) is 0 Å². The van der Waals surface area contributed by atoms with Gasteiger partial charge in [0.25, 0.3) is 0 Å². The summed E-state index contributed by atoms with van der Waals surface area (Å²) in [6.07, 6.45) is -2.55. The quantitative estimate of drug-likeness (QED) is 0.608. The highest BCUT2D eigenvalue weighted by atomic mass is 19.4. The predicted octanol–water partition coefficient (Wildman–Crippen LogP) is 3.61. The number of nitrogens with zero attached hydrogens (tertiary/aromatic N) is 1. The van der Waals surface area contributed by atoms with E-state index < -0.39 is 23.1 Å². The average molecular weight is 269 g/mol. The molecule has 0 aliphatic heterocycles. The van der Waals surface area contributed by atoms with Crippen LogP contribution in [0, 0.1) is 10.1 Å². The third-order valence-electron chi connectivity index (χ3n) is 3.10. The molecule has 1 atom stereocenters. The number of benzene rings is 1. The molecule has 1 unspecified atom stereocenters. The van der Waals surface area contributed by atoms with Crippen molar-refractivity contribution in [1.29, 1.82) is 0 Å². The van der Waals surface area contributed by atoms with Crippen molar-refractivity contribution in [2.75, 3.05) is 0 Å². The molecule has 0 bridgehead atoms. The normalized spacial score (nSPS) is 23.0. The zero-order valence-corrected chi connectivity index (χ0v) is 9.72. The van der Waals surface area contributed by atoms with Gasteiger partial charge in [0, 0.05) is 11.0 Å². The maximum atomic E-state index is 12.9. The molecule has 0 spiro atoms. The molecule has 19 heavy (non-hydrogen) atoms. The van der Waals surface area contributed by atoms with Crippen LogP contribution in [-0.2, 0) is 0 Å². The lowest BCUT2D eigenvalue weighted by molar-refractivity contribution is -0.596. The molecule has 0 saturated heterocycles. The Labute approximate surface area is 107 Å². The van der Waals surface area contributed by atoms with Gasteiger partial charge in [0.1, 0.15) is 0 Å². The van der Waals surface area contributed by atoms with Crippen molar-refractivity contribution >= 4 is 5.57 Å². The molecule has 0 aromatic heterocycles. The van der Waals surface area contributed by atoms with E-state index in [9.17, 15) is 23.3 Å². The van der Waals surface area contributed by atoms with Gasteiger partial charge in [0.2, 0.25) is 0 Å². The van der Waals surface area contributed by atoms with Crippen molar-refractivity contribution in [3.63, 3.8) is 0 Å². The summed E-state index contributed by atoms with van der Waals surface area (Å²) >= 11 is 0. The van der Waals surface area contributed by atoms with Crippen LogP contribution in [0.4, 0.5) is 13.2 Å². The molecule has 0 radical (unpaired) electrons. The molecule has 3 nitrogen and oxygen atoms in total. The molecule has 1 aromatic rings. The van der Waals surface area contributed by atoms with Crippen LogP contribution in [-0.4, -0.2) is 16.6 Å². The first kappa shape index (κ1) is 13.3. The minimum absolute atomic E-state index is 0.558. The summed E-state index contributed by atoms with van der Waals surface area (Å²) in [5, 5.41) is 10.8. The Morgan fingerprint density at radius 1 is 1.21 bits per heavy atom. The molecule has 0 fully saturated rings. The van der Waals surface area contributed by atoms with E-state index in [1.807, 2.05) is 0 Å². The first-order valence-electron chi connectivity index (χ1n) is 5.53. The van der Waals surface area contributed by atoms with Crippen molar-refractivity contribution in [3.8, 4) is 0 Å². The third kappa shape index (κ3) is 2.25. The number of allylic oxidation sites excluding steroid dienone is 2. The van der Waals surface area contributed by atoms with Crippen LogP contribution in [0.15, 0.2) is 48.6 Å². The Balaban J connectivity index is 2.34. The number of alkyl halides is 3. The Hall–Kier alpha value is -2.11. The smallest absolute Gasteiger partial charge is 0.263 e. The SMILES string of the molecule is O=[N+]([O-])C1(C(F)(F)F)C=CC(c2ccccc2)=CC1. The maximum Gasteiger partial charge on any atom is 0.465 e. The molecule has 1 aliphatic carbocycles. The minimum atomic E-state index is -4.91. The van der Waals surface area contributed by atoms with Crippen LogP contribution in [0.1, 0.15) is 12.0 Å². The van der Waals surface area contributed by atoms with Gasteiger partial charge in [-0.15, -0.1) is 0 Å². The summed E-state index contributed by atoms with van der Waals surface area (Å²) in [6, 6.07) is 8.77. The largest absolute Gasteiger partial charge is 0.465 e. The molecule has 6 heteroatoms. The molecule has 0 saturated carbocycles. The van der Waals surface area contributed by atoms with E-state index in [4.69, 9.17) is 0 Å². The van der Waals surface area contributed by atoms with Crippen LogP contribution in [0.5, 0.6) is 0 Å². The number of halogens is 3. The minimum Gasteiger partial charge on any atom is -0.263 e. The number of rotatable bonds is 2. The van der Waals surface area contributed by atoms with Crippen LogP contribution in [0.3, 0.4) is 0 Å². The van der Waals surface area contributed by atoms with E-state index in [1.54, 1.807) is 30.3 Å². The van der Waals surface area contributed by atoms with E-state index in [0.29, 0.717) is 11.6 Å². The predicted molar refractivity (Wildman–Crippen MR) is 64.0 cm³/mol. The molecule has 100 valence electrons. The summed E-state index contributed by atoms with van der Waals surface area (Å²) < 4.78 is 38.6. The van der Waals surface area contributed by atoms with Crippen LogP contribution >= 0.6 is 0 Å². The molecule has 0 amide bonds. The second kappa shape index (κ2) is 4.53. The van der Waals surface area contributed by atoms with Gasteiger partial charge in [0.05, 0.1) is 6.42 Å². The first-order chi connectivity index (χ1) is 8.87. The molecular weight excluding hydrogens is 259 g/mol. The van der Waals surface area contributed by atoms with E-state index in [2.05, 4.69) is 0 Å². The number of hydrogen-bond donors (Lipinski definition) is 0. The summed E-state index contributed by atoms with van der Waals surface area (Å²) in [4.78, 5) is 9.50. The Kier molecular flexibility index (Phi) is 3.18. The molecule has 0 N–H and O–H groups in total. The van der Waals surface area contributed by atoms with Gasteiger partial charge in [-0.3, -0.25) is 10.1 Å². The fraction of sp³-hybridized carbons (Fsp3) is 0.231. The van der Waals surface area contributed by atoms with Gasteiger partial charge >= 0.3 is 11.7 Å². The summed E-state index contributed by atoms with van der Waals surface area (Å²) in [7, 11) is 0. The van der Waals surface area contributed by atoms with E-state index >= 15 is 0 Å². The van der Waals surface area contributed by atoms with Crippen LogP contribution < -0.4 is 0 Å². The van der Waals surface area contributed by atoms with Gasteiger partial charge in [-0.1, -0.05) is 42.5 Å². The second-order valence-corrected chi connectivity index (χ2v) is 4.24. The molecular formula is C13H10F3NO2. The molecule has 2 rings (SSSR count). The van der Waals surface area contributed by atoms with E-state index in [1.165, 1.54) is 6.08 Å². The van der Waals surface area contributed by atoms with Gasteiger partial charge in [-0.05, 0) is 11.1 Å². The zero-order chi connectivity index (χ0) is 14.1. The highest BCUT2D eigenvalue weighted by Crippen LogP contribution is 2.41. The second-order valence-electron chi connectivity index (χ2n) is 4.24. The Morgan fingerprint density at radius 2 is 1.84 bits per heavy atom. The van der Waals surface area contributed by atoms with E-state index in [-0.39, 0.29) is 0 Å². The fourth-order valence-corrected chi connectivity index (χ4v) is 1.92. The zero-order valence-electron chi connectivity index (χ0n) is 9.72. The van der Waals surface area contributed by atoms with Crippen molar-refractivity contribution in [2.24, 2.45) is 0 Å². The Morgan fingerprint density at radius 3 is 2.26 bits per heavy atom. The highest BCUT2D eigenvalue weighted by molar-refractivity contribution is 5.75. The van der Waals surface area contributed by atoms with Crippen molar-refractivity contribution < 1.29 is 18.1 Å². The maximum absolute atomic E-state index is 12.9. The fourth-order valence-electron chi connectivity index (χ4n) is 1.92. The monoisotopic (exact) mass is 269 g/mol. The summed E-state index contributed by atoms with van der Waals surface area (Å²) in [6.45, 7) is 0. The van der Waals surface area contributed by atoms with Crippen molar-refractivity contribution in [3.05, 3.63) is 64.2 Å². The standard InChI is InChI=1S/C13H10F3NO2/c14-13(15,16)12(17(18)19)8-6-11(7-9-12)10-4-2-1-3-5-10/h1-8H,9H2. The highest BCUT2D eigenvalue weighted by Gasteiger charge is 2.64. The third-order valence-corrected chi connectivity index (χ3v) is 3.10. The molecule has 1 aromatic carbocycles. The Bertz CT molecular complexity index is 549. The average Bonchev–Trinajstić information content (AvgIpc) is 2.38. The topological polar surface area (TPSA) is 43.1 Å². The van der Waals surface area contributed by atoms with E-state index in [0.717, 1.165) is 11.6 Å². The molecule has 1 aliphatic rings. The van der Waals surface area contributed by atoms with Gasteiger partial charge < -0.3 is 0 Å². The van der Waals surface area contributed by atoms with Gasteiger partial charge in [-0.2, -0.15) is 13.2 Å². The lowest BCUT2D eigenvalue weighted by Crippen LogP contribution is -2.50. The van der Waals surface area contributed by atoms with Crippen molar-refractivity contribution in [1.82, 2.24) is 0 Å². The number of nitro groups is 1. The summed E-state index contributed by atoms with van der Waals surface area (Å²) in [5.74, 6) is 0. The number of hydrogen-bond acceptors (Lipinski definition) is 2. The van der Waals surface area contributed by atoms with Crippen LogP contribution in [0.25, 0.3) is 5.57 Å². The van der Waals surface area contributed by atoms with Crippen molar-refractivity contribution in [2.45, 2.75) is 18.1 Å². The van der Waals surface area contributed by atoms with Crippen LogP contribution in [0.2, 0.25) is 0 Å². The molecule has 0 heterocycles. The van der Waals surface area contributed by atoms with Gasteiger partial charge in [-0.25, -0.2) is 0 Å². The summed E-state index contributed by atoms with van der Waals surface area (Å²) in [5.41, 5.74) is -1.72.